The second kappa shape index (κ2) is 6.65. The van der Waals surface area contributed by atoms with E-state index in [1.807, 2.05) is 6.07 Å². The van der Waals surface area contributed by atoms with E-state index in [1.54, 1.807) is 43.3 Å². The van der Waals surface area contributed by atoms with Gasteiger partial charge in [0.25, 0.3) is 6.01 Å². The van der Waals surface area contributed by atoms with Crippen molar-refractivity contribution in [1.29, 1.82) is 0 Å². The van der Waals surface area contributed by atoms with Crippen molar-refractivity contribution < 1.29 is 12.8 Å². The van der Waals surface area contributed by atoms with E-state index in [1.165, 1.54) is 0 Å². The summed E-state index contributed by atoms with van der Waals surface area (Å²) in [4.78, 5) is 9.11. The Balaban J connectivity index is 1.95. The highest BCUT2D eigenvalue weighted by Crippen LogP contribution is 2.38. The largest absolute Gasteiger partial charge is 0.424 e. The van der Waals surface area contributed by atoms with Gasteiger partial charge in [-0.3, -0.25) is 4.99 Å². The van der Waals surface area contributed by atoms with Crippen LogP contribution in [0.3, 0.4) is 0 Å². The summed E-state index contributed by atoms with van der Waals surface area (Å²) in [6.45, 7) is 1.70. The molecule has 0 fully saturated rings. The number of nitrogens with zero attached hydrogens (tertiary/aromatic N) is 2. The molecule has 9 heteroatoms. The Bertz CT molecular complexity index is 1260. The second-order valence-electron chi connectivity index (χ2n) is 6.49. The van der Waals surface area contributed by atoms with E-state index in [2.05, 4.69) is 10.3 Å². The van der Waals surface area contributed by atoms with Crippen molar-refractivity contribution in [1.82, 2.24) is 10.3 Å². The number of sulfone groups is 1. The number of oxazole rings is 1. The molecule has 4 rings (SSSR count). The topological polar surface area (TPSA) is 111 Å². The molecule has 7 nitrogen and oxygen atoms in total. The van der Waals surface area contributed by atoms with Gasteiger partial charge >= 0.3 is 0 Å². The number of nitrogen functional groups attached to an aromatic ring is 1. The Morgan fingerprint density at radius 2 is 1.93 bits per heavy atom. The first-order chi connectivity index (χ1) is 13.3. The Labute approximate surface area is 166 Å². The molecule has 1 aliphatic rings. The molecule has 2 aromatic carbocycles. The van der Waals surface area contributed by atoms with Gasteiger partial charge in [0.2, 0.25) is 0 Å². The van der Waals surface area contributed by atoms with Crippen molar-refractivity contribution in [2.24, 2.45) is 4.99 Å². The number of aromatic nitrogens is 1. The molecule has 1 aromatic heterocycles. The van der Waals surface area contributed by atoms with E-state index in [9.17, 15) is 8.42 Å². The molecule has 0 bridgehead atoms. The molecule has 3 aromatic rings. The zero-order valence-corrected chi connectivity index (χ0v) is 16.7. The monoisotopic (exact) mass is 416 g/mol. The summed E-state index contributed by atoms with van der Waals surface area (Å²) in [5, 5.41) is 3.53. The molecule has 0 aliphatic carbocycles. The van der Waals surface area contributed by atoms with E-state index in [0.717, 1.165) is 6.26 Å². The minimum atomic E-state index is -3.54. The van der Waals surface area contributed by atoms with Crippen LogP contribution < -0.4 is 11.1 Å². The number of aliphatic imine (C=N–C) groups is 1. The van der Waals surface area contributed by atoms with Gasteiger partial charge < -0.3 is 15.5 Å². The van der Waals surface area contributed by atoms with Gasteiger partial charge in [0.05, 0.1) is 4.91 Å². The number of hydrogen-bond acceptors (Lipinski definition) is 7. The number of halogens is 1. The quantitative estimate of drug-likeness (QED) is 0.676. The normalized spacial score (nSPS) is 17.5. The summed E-state index contributed by atoms with van der Waals surface area (Å²) >= 11 is 6.36. The third-order valence-electron chi connectivity index (χ3n) is 4.47. The van der Waals surface area contributed by atoms with Gasteiger partial charge in [-0.2, -0.15) is 4.98 Å². The van der Waals surface area contributed by atoms with Gasteiger partial charge in [-0.25, -0.2) is 8.42 Å². The first-order valence-electron chi connectivity index (χ1n) is 8.41. The van der Waals surface area contributed by atoms with Gasteiger partial charge in [-0.15, -0.1) is 0 Å². The van der Waals surface area contributed by atoms with Crippen LogP contribution >= 0.6 is 11.6 Å². The van der Waals surface area contributed by atoms with Crippen LogP contribution in [-0.4, -0.2) is 25.5 Å². The zero-order chi connectivity index (χ0) is 20.1. The molecule has 28 heavy (non-hydrogen) atoms. The first-order valence-corrected chi connectivity index (χ1v) is 10.7. The van der Waals surface area contributed by atoms with Crippen LogP contribution in [0.1, 0.15) is 24.1 Å². The molecule has 0 spiro atoms. The van der Waals surface area contributed by atoms with Gasteiger partial charge in [-0.05, 0) is 25.1 Å². The van der Waals surface area contributed by atoms with E-state index in [4.69, 9.17) is 26.7 Å². The molecule has 144 valence electrons. The number of amidine groups is 1. The van der Waals surface area contributed by atoms with Crippen LogP contribution in [0, 0.1) is 0 Å². The molecule has 1 aliphatic heterocycles. The maximum absolute atomic E-state index is 12.5. The van der Waals surface area contributed by atoms with Crippen LogP contribution in [0.2, 0.25) is 5.02 Å². The number of para-hydroxylation sites is 1. The van der Waals surface area contributed by atoms with Gasteiger partial charge in [0.15, 0.2) is 15.4 Å². The summed E-state index contributed by atoms with van der Waals surface area (Å²) in [6, 6.07) is 11.7. The van der Waals surface area contributed by atoms with E-state index >= 15 is 0 Å². The van der Waals surface area contributed by atoms with Crippen molar-refractivity contribution in [3.05, 3.63) is 69.2 Å². The van der Waals surface area contributed by atoms with E-state index < -0.39 is 15.9 Å². The standard InChI is InChI=1S/C19H17ClN4O3S/c1-10-17(28(2,25)26)16(11-6-3-4-8-13(11)20)23-18(22-10)12-7-5-9-14-15(12)24-19(21)27-14/h3-9,16H,1-2H3,(H2,21,24)(H,22,23). The Hall–Kier alpha value is -2.84. The molecular formula is C19H17ClN4O3S. The molecular weight excluding hydrogens is 400 g/mol. The van der Waals surface area contributed by atoms with E-state index in [0.29, 0.717) is 38.8 Å². The average Bonchev–Trinajstić information content (AvgIpc) is 3.00. The number of hydrogen-bond donors (Lipinski definition) is 2. The van der Waals surface area contributed by atoms with Crippen molar-refractivity contribution in [2.75, 3.05) is 12.0 Å². The molecule has 2 heterocycles. The number of nitrogens with two attached hydrogens (primary N) is 1. The smallest absolute Gasteiger partial charge is 0.293 e. The lowest BCUT2D eigenvalue weighted by molar-refractivity contribution is 0.601. The Morgan fingerprint density at radius 1 is 1.18 bits per heavy atom. The molecule has 1 unspecified atom stereocenters. The summed E-state index contributed by atoms with van der Waals surface area (Å²) < 4.78 is 30.4. The minimum Gasteiger partial charge on any atom is -0.424 e. The molecule has 0 saturated carbocycles. The predicted molar refractivity (Wildman–Crippen MR) is 110 cm³/mol. The van der Waals surface area contributed by atoms with Gasteiger partial charge in [0, 0.05) is 28.1 Å². The van der Waals surface area contributed by atoms with Gasteiger partial charge in [0.1, 0.15) is 17.4 Å². The van der Waals surface area contributed by atoms with Crippen molar-refractivity contribution in [2.45, 2.75) is 13.0 Å². The van der Waals surface area contributed by atoms with E-state index in [-0.39, 0.29) is 10.9 Å². The minimum absolute atomic E-state index is 0.0469. The fourth-order valence-corrected chi connectivity index (χ4v) is 4.78. The van der Waals surface area contributed by atoms with Crippen LogP contribution in [0.5, 0.6) is 0 Å². The molecule has 0 radical (unpaired) electrons. The van der Waals surface area contributed by atoms with Crippen molar-refractivity contribution in [3.8, 4) is 0 Å². The Morgan fingerprint density at radius 3 is 2.64 bits per heavy atom. The number of fused-ring (bicyclic) bond motifs is 1. The highest BCUT2D eigenvalue weighted by atomic mass is 35.5. The summed E-state index contributed by atoms with van der Waals surface area (Å²) in [6.07, 6.45) is 1.16. The van der Waals surface area contributed by atoms with Crippen LogP contribution in [0.4, 0.5) is 6.01 Å². The SMILES string of the molecule is CC1=C(S(C)(=O)=O)C(c2ccccc2Cl)N=C(c2cccc3oc(N)nc23)N1. The maximum atomic E-state index is 12.5. The fourth-order valence-electron chi connectivity index (χ4n) is 3.35. The van der Waals surface area contributed by atoms with Crippen LogP contribution in [0.15, 0.2) is 62.5 Å². The van der Waals surface area contributed by atoms with Crippen LogP contribution in [0.25, 0.3) is 11.1 Å². The van der Waals surface area contributed by atoms with Crippen molar-refractivity contribution in [3.63, 3.8) is 0 Å². The average molecular weight is 417 g/mol. The summed E-state index contributed by atoms with van der Waals surface area (Å²) in [5.74, 6) is 0.466. The van der Waals surface area contributed by atoms with Crippen molar-refractivity contribution >= 4 is 44.4 Å². The first kappa shape index (κ1) is 18.5. The lowest BCUT2D eigenvalue weighted by atomic mass is 10.0. The molecule has 0 saturated heterocycles. The predicted octanol–water partition coefficient (Wildman–Crippen LogP) is 3.43. The highest BCUT2D eigenvalue weighted by Gasteiger charge is 2.32. The third-order valence-corrected chi connectivity index (χ3v) is 6.14. The number of benzene rings is 2. The second-order valence-corrected chi connectivity index (χ2v) is 8.88. The van der Waals surface area contributed by atoms with Crippen LogP contribution in [-0.2, 0) is 9.84 Å². The number of anilines is 1. The molecule has 3 N–H and O–H groups in total. The Kier molecular flexibility index (Phi) is 4.40. The zero-order valence-electron chi connectivity index (χ0n) is 15.1. The highest BCUT2D eigenvalue weighted by molar-refractivity contribution is 7.94. The lowest BCUT2D eigenvalue weighted by Gasteiger charge is -2.27. The molecule has 0 amide bonds. The maximum Gasteiger partial charge on any atom is 0.293 e. The third kappa shape index (κ3) is 3.14. The van der Waals surface area contributed by atoms with Gasteiger partial charge in [-0.1, -0.05) is 35.9 Å². The number of nitrogens with one attached hydrogen (secondary N) is 1. The summed E-state index contributed by atoms with van der Waals surface area (Å²) in [7, 11) is -3.54. The molecule has 1 atom stereocenters. The lowest BCUT2D eigenvalue weighted by Crippen LogP contribution is -2.32. The fraction of sp³-hybridized carbons (Fsp3) is 0.158. The summed E-state index contributed by atoms with van der Waals surface area (Å²) in [5.41, 5.74) is 8.49. The number of rotatable bonds is 3. The number of allylic oxidation sites excluding steroid dienone is 1.